The summed E-state index contributed by atoms with van der Waals surface area (Å²) in [7, 11) is 3.99. The molecule has 0 aliphatic heterocycles. The van der Waals surface area contributed by atoms with Gasteiger partial charge in [-0.25, -0.2) is 4.79 Å². The zero-order valence-electron chi connectivity index (χ0n) is 16.5. The molecular weight excluding hydrogens is 302 g/mol. The number of hydrogen-bond acceptors (Lipinski definition) is 4. The van der Waals surface area contributed by atoms with Gasteiger partial charge in [0.15, 0.2) is 0 Å². The summed E-state index contributed by atoms with van der Waals surface area (Å²) in [5.74, 6) is -0.0519. The maximum Gasteiger partial charge on any atom is 0.338 e. The summed E-state index contributed by atoms with van der Waals surface area (Å²) >= 11 is 0. The summed E-state index contributed by atoms with van der Waals surface area (Å²) in [6, 6.07) is 3.53. The van der Waals surface area contributed by atoms with E-state index in [9.17, 15) is 9.90 Å². The highest BCUT2D eigenvalue weighted by Gasteiger charge is 2.28. The number of nitrogens with zero attached hydrogens (tertiary/aromatic N) is 1. The highest BCUT2D eigenvalue weighted by molar-refractivity contribution is 5.90. The van der Waals surface area contributed by atoms with E-state index >= 15 is 0 Å². The summed E-state index contributed by atoms with van der Waals surface area (Å²) in [6.07, 6.45) is 0.801. The molecule has 0 spiro atoms. The molecule has 0 aliphatic carbocycles. The number of carbonyl (C=O) groups excluding carboxylic acids is 1. The summed E-state index contributed by atoms with van der Waals surface area (Å²) in [5, 5.41) is 10.7. The van der Waals surface area contributed by atoms with E-state index < -0.39 is 0 Å². The molecule has 1 aromatic rings. The third kappa shape index (κ3) is 5.52. The number of rotatable bonds is 5. The van der Waals surface area contributed by atoms with Gasteiger partial charge in [-0.2, -0.15) is 0 Å². The Balaban J connectivity index is 3.13. The highest BCUT2D eigenvalue weighted by atomic mass is 16.5. The van der Waals surface area contributed by atoms with Crippen molar-refractivity contribution < 1.29 is 14.6 Å². The van der Waals surface area contributed by atoms with Gasteiger partial charge in [-0.05, 0) is 43.5 Å². The van der Waals surface area contributed by atoms with E-state index in [2.05, 4.69) is 4.90 Å². The van der Waals surface area contributed by atoms with Gasteiger partial charge in [0.2, 0.25) is 0 Å². The first kappa shape index (κ1) is 20.5. The summed E-state index contributed by atoms with van der Waals surface area (Å²) in [5.41, 5.74) is 1.54. The van der Waals surface area contributed by atoms with Crippen LogP contribution in [0.3, 0.4) is 0 Å². The van der Waals surface area contributed by atoms with Crippen molar-refractivity contribution in [3.05, 3.63) is 28.8 Å². The topological polar surface area (TPSA) is 49.8 Å². The summed E-state index contributed by atoms with van der Waals surface area (Å²) < 4.78 is 5.41. The minimum Gasteiger partial charge on any atom is -0.507 e. The van der Waals surface area contributed by atoms with Gasteiger partial charge in [-0.1, -0.05) is 41.5 Å². The minimum absolute atomic E-state index is 0.259. The molecular formula is C20H33NO3. The first-order chi connectivity index (χ1) is 10.8. The first-order valence-corrected chi connectivity index (χ1v) is 8.54. The Kier molecular flexibility index (Phi) is 6.45. The molecule has 0 aromatic heterocycles. The maximum atomic E-state index is 12.4. The standard InChI is InChI=1S/C20H33NO3/c1-19(2,3)15-12-14(13-16(17(15)22)20(4,5)6)18(23)24-11-9-10-21(7)8/h12-13,22H,9-11H2,1-8H3. The molecule has 0 radical (unpaired) electrons. The molecule has 136 valence electrons. The summed E-state index contributed by atoms with van der Waals surface area (Å²) in [4.78, 5) is 14.5. The van der Waals surface area contributed by atoms with E-state index in [4.69, 9.17) is 4.74 Å². The Hall–Kier alpha value is -1.55. The number of hydrogen-bond donors (Lipinski definition) is 1. The molecule has 1 rings (SSSR count). The fourth-order valence-electron chi connectivity index (χ4n) is 2.52. The number of aromatic hydroxyl groups is 1. The van der Waals surface area contributed by atoms with Crippen LogP contribution in [0.2, 0.25) is 0 Å². The molecule has 1 aromatic carbocycles. The SMILES string of the molecule is CN(C)CCCOC(=O)c1cc(C(C)(C)C)c(O)c(C(C)(C)C)c1. The Morgan fingerprint density at radius 2 is 1.50 bits per heavy atom. The molecule has 0 atom stereocenters. The van der Waals surface area contributed by atoms with Gasteiger partial charge in [0.25, 0.3) is 0 Å². The van der Waals surface area contributed by atoms with Crippen LogP contribution in [0.5, 0.6) is 5.75 Å². The van der Waals surface area contributed by atoms with Gasteiger partial charge in [0.1, 0.15) is 5.75 Å². The maximum absolute atomic E-state index is 12.4. The van der Waals surface area contributed by atoms with E-state index in [0.717, 1.165) is 24.1 Å². The lowest BCUT2D eigenvalue weighted by Gasteiger charge is -2.28. The van der Waals surface area contributed by atoms with Gasteiger partial charge in [0, 0.05) is 17.7 Å². The number of ether oxygens (including phenoxy) is 1. The van der Waals surface area contributed by atoms with Crippen LogP contribution in [-0.4, -0.2) is 43.2 Å². The van der Waals surface area contributed by atoms with Gasteiger partial charge in [-0.15, -0.1) is 0 Å². The number of benzene rings is 1. The Labute approximate surface area is 146 Å². The van der Waals surface area contributed by atoms with Crippen molar-refractivity contribution in [1.82, 2.24) is 4.90 Å². The molecule has 4 nitrogen and oxygen atoms in total. The predicted octanol–water partition coefficient (Wildman–Crippen LogP) is 4.10. The van der Waals surface area contributed by atoms with E-state index in [1.54, 1.807) is 12.1 Å². The van der Waals surface area contributed by atoms with Crippen molar-refractivity contribution in [2.45, 2.75) is 58.8 Å². The zero-order valence-corrected chi connectivity index (χ0v) is 16.5. The van der Waals surface area contributed by atoms with Crippen LogP contribution in [0, 0.1) is 0 Å². The minimum atomic E-state index is -0.329. The van der Waals surface area contributed by atoms with Crippen LogP contribution >= 0.6 is 0 Å². The summed E-state index contributed by atoms with van der Waals surface area (Å²) in [6.45, 7) is 13.4. The second-order valence-electron chi connectivity index (χ2n) is 8.71. The molecule has 0 bridgehead atoms. The number of phenols is 1. The number of phenolic OH excluding ortho intramolecular Hbond substituents is 1. The van der Waals surface area contributed by atoms with E-state index in [-0.39, 0.29) is 22.5 Å². The molecule has 24 heavy (non-hydrogen) atoms. The molecule has 0 saturated carbocycles. The largest absolute Gasteiger partial charge is 0.507 e. The van der Waals surface area contributed by atoms with Crippen LogP contribution < -0.4 is 0 Å². The molecule has 0 amide bonds. The molecule has 1 N–H and O–H groups in total. The van der Waals surface area contributed by atoms with Gasteiger partial charge >= 0.3 is 5.97 Å². The van der Waals surface area contributed by atoms with Crippen LogP contribution in [-0.2, 0) is 15.6 Å². The van der Waals surface area contributed by atoms with E-state index in [1.807, 2.05) is 55.6 Å². The smallest absolute Gasteiger partial charge is 0.338 e. The van der Waals surface area contributed by atoms with E-state index in [0.29, 0.717) is 12.2 Å². The second kappa shape index (κ2) is 7.56. The second-order valence-corrected chi connectivity index (χ2v) is 8.71. The van der Waals surface area contributed by atoms with E-state index in [1.165, 1.54) is 0 Å². The van der Waals surface area contributed by atoms with Crippen molar-refractivity contribution >= 4 is 5.97 Å². The number of esters is 1. The van der Waals surface area contributed by atoms with Crippen LogP contribution in [0.15, 0.2) is 12.1 Å². The third-order valence-electron chi connectivity index (χ3n) is 3.94. The Morgan fingerprint density at radius 3 is 1.88 bits per heavy atom. The van der Waals surface area contributed by atoms with Crippen molar-refractivity contribution in [3.63, 3.8) is 0 Å². The van der Waals surface area contributed by atoms with Crippen molar-refractivity contribution in [2.24, 2.45) is 0 Å². The molecule has 0 aliphatic rings. The Morgan fingerprint density at radius 1 is 1.04 bits per heavy atom. The van der Waals surface area contributed by atoms with Crippen LogP contribution in [0.25, 0.3) is 0 Å². The molecule has 0 heterocycles. The van der Waals surface area contributed by atoms with Gasteiger partial charge in [-0.3, -0.25) is 0 Å². The normalized spacial score (nSPS) is 12.5. The zero-order chi connectivity index (χ0) is 18.7. The number of carbonyl (C=O) groups is 1. The predicted molar refractivity (Wildman–Crippen MR) is 99.0 cm³/mol. The lowest BCUT2D eigenvalue weighted by molar-refractivity contribution is 0.0493. The van der Waals surface area contributed by atoms with Gasteiger partial charge < -0.3 is 14.7 Å². The highest BCUT2D eigenvalue weighted by Crippen LogP contribution is 2.39. The van der Waals surface area contributed by atoms with Crippen molar-refractivity contribution in [3.8, 4) is 5.75 Å². The molecule has 4 heteroatoms. The average molecular weight is 335 g/mol. The van der Waals surface area contributed by atoms with Crippen molar-refractivity contribution in [2.75, 3.05) is 27.2 Å². The first-order valence-electron chi connectivity index (χ1n) is 8.54. The van der Waals surface area contributed by atoms with Gasteiger partial charge in [0.05, 0.1) is 12.2 Å². The van der Waals surface area contributed by atoms with Crippen LogP contribution in [0.1, 0.15) is 69.4 Å². The molecule has 0 saturated heterocycles. The fourth-order valence-corrected chi connectivity index (χ4v) is 2.52. The third-order valence-corrected chi connectivity index (χ3v) is 3.94. The molecule has 0 fully saturated rings. The fraction of sp³-hybridized carbons (Fsp3) is 0.650. The lowest BCUT2D eigenvalue weighted by atomic mass is 9.78. The Bertz CT molecular complexity index is 543. The monoisotopic (exact) mass is 335 g/mol. The van der Waals surface area contributed by atoms with Crippen molar-refractivity contribution in [1.29, 1.82) is 0 Å². The lowest BCUT2D eigenvalue weighted by Crippen LogP contribution is -2.20. The quantitative estimate of drug-likeness (QED) is 0.650. The van der Waals surface area contributed by atoms with Crippen LogP contribution in [0.4, 0.5) is 0 Å². The average Bonchev–Trinajstić information content (AvgIpc) is 2.40. The molecule has 0 unspecified atom stereocenters.